The van der Waals surface area contributed by atoms with Crippen LogP contribution in [0.2, 0.25) is 0 Å². The number of halogens is 3. The highest BCUT2D eigenvalue weighted by atomic mass is 32.2. The first-order valence-corrected chi connectivity index (χ1v) is 10.9. The third kappa shape index (κ3) is 5.26. The van der Waals surface area contributed by atoms with Gasteiger partial charge in [-0.05, 0) is 42.2 Å². The number of hydrogen-bond acceptors (Lipinski definition) is 4. The van der Waals surface area contributed by atoms with Gasteiger partial charge in [0.2, 0.25) is 5.91 Å². The number of rotatable bonds is 7. The molecule has 148 valence electrons. The van der Waals surface area contributed by atoms with Crippen LogP contribution >= 0.6 is 23.1 Å². The van der Waals surface area contributed by atoms with Crippen molar-refractivity contribution in [3.05, 3.63) is 64.7 Å². The molecule has 0 bridgehead atoms. The summed E-state index contributed by atoms with van der Waals surface area (Å²) in [4.78, 5) is 17.1. The van der Waals surface area contributed by atoms with Crippen molar-refractivity contribution in [1.82, 2.24) is 10.3 Å². The van der Waals surface area contributed by atoms with Crippen molar-refractivity contribution in [2.24, 2.45) is 0 Å². The van der Waals surface area contributed by atoms with E-state index in [2.05, 4.69) is 10.3 Å². The highest BCUT2D eigenvalue weighted by molar-refractivity contribution is 7.98. The van der Waals surface area contributed by atoms with Crippen molar-refractivity contribution in [3.63, 3.8) is 0 Å². The van der Waals surface area contributed by atoms with E-state index in [1.54, 1.807) is 11.8 Å². The number of benzene rings is 2. The Labute approximate surface area is 169 Å². The van der Waals surface area contributed by atoms with E-state index in [-0.39, 0.29) is 18.4 Å². The zero-order valence-electron chi connectivity index (χ0n) is 15.1. The number of carbonyl (C=O) groups excluding carboxylic acids is 1. The van der Waals surface area contributed by atoms with Crippen LogP contribution in [0.3, 0.4) is 0 Å². The van der Waals surface area contributed by atoms with Gasteiger partial charge in [-0.1, -0.05) is 30.3 Å². The molecule has 3 aromatic rings. The van der Waals surface area contributed by atoms with Crippen molar-refractivity contribution in [2.75, 3.05) is 12.0 Å². The Hall–Kier alpha value is -2.06. The lowest BCUT2D eigenvalue weighted by Crippen LogP contribution is -2.30. The van der Waals surface area contributed by atoms with Crippen molar-refractivity contribution >= 4 is 39.2 Å². The second-order valence-electron chi connectivity index (χ2n) is 6.30. The first-order chi connectivity index (χ1) is 13.4. The van der Waals surface area contributed by atoms with E-state index < -0.39 is 11.7 Å². The van der Waals surface area contributed by atoms with E-state index in [1.807, 2.05) is 30.5 Å². The number of carbonyl (C=O) groups is 1. The number of thioether (sulfide) groups is 1. The Balaban J connectivity index is 1.74. The molecule has 0 spiro atoms. The van der Waals surface area contributed by atoms with Gasteiger partial charge in [-0.25, -0.2) is 4.98 Å². The van der Waals surface area contributed by atoms with Crippen LogP contribution in [0, 0.1) is 0 Å². The molecule has 28 heavy (non-hydrogen) atoms. The van der Waals surface area contributed by atoms with Crippen LogP contribution in [0.25, 0.3) is 10.2 Å². The number of hydrogen-bond donors (Lipinski definition) is 1. The molecular weight excluding hydrogens is 405 g/mol. The Bertz CT molecular complexity index is 923. The summed E-state index contributed by atoms with van der Waals surface area (Å²) >= 11 is 3.19. The first kappa shape index (κ1) is 20.7. The molecule has 0 saturated heterocycles. The predicted molar refractivity (Wildman–Crippen MR) is 109 cm³/mol. The molecule has 0 aliphatic carbocycles. The molecule has 2 aromatic carbocycles. The van der Waals surface area contributed by atoms with Crippen LogP contribution in [0.4, 0.5) is 13.2 Å². The minimum atomic E-state index is -4.42. The summed E-state index contributed by atoms with van der Waals surface area (Å²) < 4.78 is 39.6. The molecule has 1 heterocycles. The normalized spacial score (nSPS) is 12.9. The van der Waals surface area contributed by atoms with Crippen LogP contribution in [0.15, 0.2) is 48.5 Å². The third-order valence-corrected chi connectivity index (χ3v) is 5.97. The van der Waals surface area contributed by atoms with E-state index in [0.717, 1.165) is 33.1 Å². The van der Waals surface area contributed by atoms with Crippen LogP contribution < -0.4 is 5.32 Å². The Morgan fingerprint density at radius 3 is 2.71 bits per heavy atom. The molecule has 3 nitrogen and oxygen atoms in total. The molecule has 0 saturated carbocycles. The van der Waals surface area contributed by atoms with Crippen molar-refractivity contribution in [1.29, 1.82) is 0 Å². The molecule has 8 heteroatoms. The van der Waals surface area contributed by atoms with Gasteiger partial charge in [-0.3, -0.25) is 4.79 Å². The van der Waals surface area contributed by atoms with Gasteiger partial charge in [0, 0.05) is 0 Å². The molecular formula is C20H19F3N2OS2. The molecule has 0 radical (unpaired) electrons. The number of thiazole rings is 1. The summed E-state index contributed by atoms with van der Waals surface area (Å²) in [5.41, 5.74) is 0.465. The van der Waals surface area contributed by atoms with Crippen LogP contribution in [0.1, 0.15) is 28.6 Å². The van der Waals surface area contributed by atoms with Crippen molar-refractivity contribution in [3.8, 4) is 0 Å². The lowest BCUT2D eigenvalue weighted by atomic mass is 10.1. The highest BCUT2D eigenvalue weighted by Gasteiger charge is 2.30. The van der Waals surface area contributed by atoms with E-state index in [9.17, 15) is 18.0 Å². The summed E-state index contributed by atoms with van der Waals surface area (Å²) in [6.45, 7) is 0. The van der Waals surface area contributed by atoms with Crippen LogP contribution in [-0.4, -0.2) is 22.9 Å². The maximum absolute atomic E-state index is 12.9. The Kier molecular flexibility index (Phi) is 6.61. The van der Waals surface area contributed by atoms with Gasteiger partial charge in [-0.15, -0.1) is 11.3 Å². The van der Waals surface area contributed by atoms with Gasteiger partial charge in [0.25, 0.3) is 0 Å². The molecule has 0 fully saturated rings. The fourth-order valence-electron chi connectivity index (χ4n) is 2.82. The third-order valence-electron chi connectivity index (χ3n) is 4.17. The minimum Gasteiger partial charge on any atom is -0.347 e. The van der Waals surface area contributed by atoms with Crippen molar-refractivity contribution < 1.29 is 18.0 Å². The monoisotopic (exact) mass is 424 g/mol. The molecule has 1 N–H and O–H groups in total. The van der Waals surface area contributed by atoms with Gasteiger partial charge in [0.15, 0.2) is 0 Å². The molecule has 0 unspecified atom stereocenters. The zero-order valence-corrected chi connectivity index (χ0v) is 16.8. The fraction of sp³-hybridized carbons (Fsp3) is 0.300. The lowest BCUT2D eigenvalue weighted by molar-refractivity contribution is -0.137. The van der Waals surface area contributed by atoms with Gasteiger partial charge in [-0.2, -0.15) is 24.9 Å². The molecule has 1 aromatic heterocycles. The second kappa shape index (κ2) is 8.96. The van der Waals surface area contributed by atoms with Gasteiger partial charge in [0.05, 0.1) is 28.2 Å². The van der Waals surface area contributed by atoms with E-state index in [1.165, 1.54) is 23.5 Å². The second-order valence-corrected chi connectivity index (χ2v) is 8.34. The SMILES string of the molecule is CSCC[C@H](NC(=O)Cc1cccc(C(F)(F)F)c1)c1nc2ccccc2s1. The van der Waals surface area contributed by atoms with Gasteiger partial charge >= 0.3 is 6.18 Å². The molecule has 0 aliphatic rings. The number of amides is 1. The first-order valence-electron chi connectivity index (χ1n) is 8.66. The smallest absolute Gasteiger partial charge is 0.347 e. The topological polar surface area (TPSA) is 42.0 Å². The largest absolute Gasteiger partial charge is 0.416 e. The highest BCUT2D eigenvalue weighted by Crippen LogP contribution is 2.30. The van der Waals surface area contributed by atoms with Crippen LogP contribution in [-0.2, 0) is 17.4 Å². The summed E-state index contributed by atoms with van der Waals surface area (Å²) in [6, 6.07) is 12.4. The average molecular weight is 425 g/mol. The number of fused-ring (bicyclic) bond motifs is 1. The number of nitrogens with one attached hydrogen (secondary N) is 1. The fourth-order valence-corrected chi connectivity index (χ4v) is 4.35. The number of para-hydroxylation sites is 1. The molecule has 1 amide bonds. The van der Waals surface area contributed by atoms with E-state index in [0.29, 0.717) is 12.0 Å². The van der Waals surface area contributed by atoms with E-state index in [4.69, 9.17) is 0 Å². The predicted octanol–water partition coefficient (Wildman–Crippen LogP) is 5.47. The maximum Gasteiger partial charge on any atom is 0.416 e. The molecule has 0 aliphatic heterocycles. The quantitative estimate of drug-likeness (QED) is 0.547. The van der Waals surface area contributed by atoms with Crippen molar-refractivity contribution in [2.45, 2.75) is 25.1 Å². The van der Waals surface area contributed by atoms with Crippen LogP contribution in [0.5, 0.6) is 0 Å². The number of aromatic nitrogens is 1. The molecule has 1 atom stereocenters. The van der Waals surface area contributed by atoms with E-state index >= 15 is 0 Å². The number of nitrogens with zero attached hydrogens (tertiary/aromatic N) is 1. The maximum atomic E-state index is 12.9. The van der Waals surface area contributed by atoms with Gasteiger partial charge < -0.3 is 5.32 Å². The Morgan fingerprint density at radius 2 is 2.00 bits per heavy atom. The minimum absolute atomic E-state index is 0.107. The summed E-state index contributed by atoms with van der Waals surface area (Å²) in [7, 11) is 0. The summed E-state index contributed by atoms with van der Waals surface area (Å²) in [5.74, 6) is 0.523. The Morgan fingerprint density at radius 1 is 1.21 bits per heavy atom. The molecule has 3 rings (SSSR count). The lowest BCUT2D eigenvalue weighted by Gasteiger charge is -2.16. The summed E-state index contributed by atoms with van der Waals surface area (Å²) in [5, 5.41) is 3.76. The van der Waals surface area contributed by atoms with Gasteiger partial charge in [0.1, 0.15) is 5.01 Å². The summed E-state index contributed by atoms with van der Waals surface area (Å²) in [6.07, 6.45) is -1.84. The average Bonchev–Trinajstić information content (AvgIpc) is 3.08. The number of alkyl halides is 3. The standard InChI is InChI=1S/C20H19F3N2OS2/c1-27-10-9-16(19-25-15-7-2-3-8-17(15)28-19)24-18(26)12-13-5-4-6-14(11-13)20(21,22)23/h2-8,11,16H,9-10,12H2,1H3,(H,24,26)/t16-/m0/s1. The zero-order chi connectivity index (χ0) is 20.1.